The van der Waals surface area contributed by atoms with Crippen LogP contribution in [-0.2, 0) is 14.3 Å². The van der Waals surface area contributed by atoms with Crippen LogP contribution in [0.3, 0.4) is 0 Å². The van der Waals surface area contributed by atoms with Gasteiger partial charge >= 0.3 is 12.0 Å². The highest BCUT2D eigenvalue weighted by Gasteiger charge is 2.26. The molecule has 21 heavy (non-hydrogen) atoms. The fourth-order valence-electron chi connectivity index (χ4n) is 1.56. The molecule has 0 bridgehead atoms. The number of carbonyl (C=O) groups excluding carboxylic acids is 3. The van der Waals surface area contributed by atoms with Crippen molar-refractivity contribution in [2.24, 2.45) is 11.7 Å². The van der Waals surface area contributed by atoms with Gasteiger partial charge < -0.3 is 21.1 Å². The molecular weight excluding hydrogens is 274 g/mol. The van der Waals surface area contributed by atoms with Crippen molar-refractivity contribution in [1.29, 1.82) is 0 Å². The third-order valence-corrected chi connectivity index (χ3v) is 2.60. The second-order valence-corrected chi connectivity index (χ2v) is 4.76. The van der Waals surface area contributed by atoms with E-state index >= 15 is 0 Å². The van der Waals surface area contributed by atoms with Gasteiger partial charge in [0.05, 0.1) is 0 Å². The van der Waals surface area contributed by atoms with E-state index in [1.54, 1.807) is 38.1 Å². The van der Waals surface area contributed by atoms with Crippen LogP contribution in [0.15, 0.2) is 30.3 Å². The van der Waals surface area contributed by atoms with Crippen LogP contribution in [0.1, 0.15) is 13.8 Å². The van der Waals surface area contributed by atoms with E-state index in [9.17, 15) is 14.4 Å². The van der Waals surface area contributed by atoms with Gasteiger partial charge in [-0.2, -0.15) is 0 Å². The molecule has 0 aromatic heterocycles. The molecule has 1 aromatic rings. The summed E-state index contributed by atoms with van der Waals surface area (Å²) >= 11 is 0. The average molecular weight is 293 g/mol. The number of ether oxygens (including phenoxy) is 1. The number of amides is 3. The molecule has 0 unspecified atom stereocenters. The molecule has 0 aliphatic heterocycles. The van der Waals surface area contributed by atoms with E-state index < -0.39 is 30.6 Å². The number of rotatable bonds is 6. The number of nitrogens with two attached hydrogens (primary N) is 1. The van der Waals surface area contributed by atoms with Crippen LogP contribution >= 0.6 is 0 Å². The summed E-state index contributed by atoms with van der Waals surface area (Å²) in [5.74, 6) is -1.65. The van der Waals surface area contributed by atoms with Gasteiger partial charge in [0.15, 0.2) is 6.61 Å². The number of primary amides is 1. The summed E-state index contributed by atoms with van der Waals surface area (Å²) < 4.78 is 4.72. The van der Waals surface area contributed by atoms with Crippen LogP contribution in [0.5, 0.6) is 0 Å². The Bertz CT molecular complexity index is 502. The van der Waals surface area contributed by atoms with E-state index in [0.717, 1.165) is 0 Å². The number of hydrogen-bond donors (Lipinski definition) is 3. The topological polar surface area (TPSA) is 111 Å². The molecule has 0 aliphatic rings. The molecule has 0 saturated carbocycles. The van der Waals surface area contributed by atoms with Crippen LogP contribution in [-0.4, -0.2) is 30.6 Å². The number of carbonyl (C=O) groups is 3. The maximum Gasteiger partial charge on any atom is 0.329 e. The lowest BCUT2D eigenvalue weighted by Crippen LogP contribution is -2.47. The van der Waals surface area contributed by atoms with Gasteiger partial charge in [-0.1, -0.05) is 32.0 Å². The molecular formula is C14H19N3O4. The molecule has 4 N–H and O–H groups in total. The predicted octanol–water partition coefficient (Wildman–Crippen LogP) is 0.861. The normalized spacial score (nSPS) is 11.6. The molecule has 0 radical (unpaired) electrons. The van der Waals surface area contributed by atoms with Gasteiger partial charge in [0.25, 0.3) is 5.91 Å². The second-order valence-electron chi connectivity index (χ2n) is 4.76. The van der Waals surface area contributed by atoms with Crippen molar-refractivity contribution < 1.29 is 19.1 Å². The quantitative estimate of drug-likeness (QED) is 0.675. The number of hydrogen-bond acceptors (Lipinski definition) is 4. The first kappa shape index (κ1) is 16.5. The number of esters is 1. The summed E-state index contributed by atoms with van der Waals surface area (Å²) in [7, 11) is 0. The molecule has 1 rings (SSSR count). The minimum Gasteiger partial charge on any atom is -0.454 e. The summed E-state index contributed by atoms with van der Waals surface area (Å²) in [6, 6.07) is 7.41. The van der Waals surface area contributed by atoms with E-state index in [2.05, 4.69) is 10.6 Å². The summed E-state index contributed by atoms with van der Waals surface area (Å²) in [5, 5.41) is 5.11. The first-order valence-electron chi connectivity index (χ1n) is 6.47. The van der Waals surface area contributed by atoms with Crippen molar-refractivity contribution in [2.75, 3.05) is 11.9 Å². The zero-order chi connectivity index (χ0) is 15.8. The number of anilines is 1. The van der Waals surface area contributed by atoms with E-state index in [1.165, 1.54) is 0 Å². The average Bonchev–Trinajstić information content (AvgIpc) is 2.43. The van der Waals surface area contributed by atoms with E-state index in [-0.39, 0.29) is 5.92 Å². The van der Waals surface area contributed by atoms with Gasteiger partial charge in [0.2, 0.25) is 0 Å². The van der Waals surface area contributed by atoms with Crippen molar-refractivity contribution in [3.05, 3.63) is 30.3 Å². The van der Waals surface area contributed by atoms with Gasteiger partial charge in [-0.15, -0.1) is 0 Å². The third-order valence-electron chi connectivity index (χ3n) is 2.60. The fourth-order valence-corrected chi connectivity index (χ4v) is 1.56. The van der Waals surface area contributed by atoms with Gasteiger partial charge in [0.1, 0.15) is 6.04 Å². The molecule has 0 fully saturated rings. The lowest BCUT2D eigenvalue weighted by molar-refractivity contribution is -0.150. The predicted molar refractivity (Wildman–Crippen MR) is 77.4 cm³/mol. The van der Waals surface area contributed by atoms with Gasteiger partial charge in [-0.05, 0) is 18.1 Å². The Hall–Kier alpha value is -2.57. The Kier molecular flexibility index (Phi) is 6.19. The maximum absolute atomic E-state index is 11.8. The Morgan fingerprint density at radius 2 is 1.81 bits per heavy atom. The second kappa shape index (κ2) is 7.88. The number of benzene rings is 1. The van der Waals surface area contributed by atoms with Crippen LogP contribution < -0.4 is 16.4 Å². The van der Waals surface area contributed by atoms with Crippen molar-refractivity contribution in [1.82, 2.24) is 5.32 Å². The van der Waals surface area contributed by atoms with Crippen molar-refractivity contribution in [3.8, 4) is 0 Å². The summed E-state index contributed by atoms with van der Waals surface area (Å²) in [5.41, 5.74) is 5.50. The molecule has 0 spiro atoms. The van der Waals surface area contributed by atoms with Crippen LogP contribution in [0, 0.1) is 5.92 Å². The monoisotopic (exact) mass is 293 g/mol. The molecule has 7 heteroatoms. The highest BCUT2D eigenvalue weighted by atomic mass is 16.5. The first-order chi connectivity index (χ1) is 9.90. The van der Waals surface area contributed by atoms with Gasteiger partial charge in [-0.3, -0.25) is 4.79 Å². The molecule has 7 nitrogen and oxygen atoms in total. The SMILES string of the molecule is CC(C)[C@@H](NC(=O)Nc1ccccc1)C(=O)OCC(N)=O. The Balaban J connectivity index is 2.59. The van der Waals surface area contributed by atoms with Crippen LogP contribution in [0.2, 0.25) is 0 Å². The third kappa shape index (κ3) is 5.94. The number of urea groups is 1. The van der Waals surface area contributed by atoms with Gasteiger partial charge in [0, 0.05) is 5.69 Å². The molecule has 3 amide bonds. The van der Waals surface area contributed by atoms with E-state index in [1.807, 2.05) is 6.07 Å². The molecule has 0 heterocycles. The smallest absolute Gasteiger partial charge is 0.329 e. The Morgan fingerprint density at radius 1 is 1.19 bits per heavy atom. The first-order valence-corrected chi connectivity index (χ1v) is 6.47. The van der Waals surface area contributed by atoms with Crippen molar-refractivity contribution in [3.63, 3.8) is 0 Å². The highest BCUT2D eigenvalue weighted by molar-refractivity contribution is 5.93. The molecule has 114 valence electrons. The molecule has 0 aliphatic carbocycles. The summed E-state index contributed by atoms with van der Waals surface area (Å²) in [6.07, 6.45) is 0. The number of para-hydroxylation sites is 1. The number of nitrogens with one attached hydrogen (secondary N) is 2. The molecule has 1 aromatic carbocycles. The lowest BCUT2D eigenvalue weighted by atomic mass is 10.1. The Morgan fingerprint density at radius 3 is 2.33 bits per heavy atom. The minimum absolute atomic E-state index is 0.202. The zero-order valence-corrected chi connectivity index (χ0v) is 12.0. The standard InChI is InChI=1S/C14H19N3O4/c1-9(2)12(13(19)21-8-11(15)18)17-14(20)16-10-6-4-3-5-7-10/h3-7,9,12H,8H2,1-2H3,(H2,15,18)(H2,16,17,20)/t12-/m1/s1. The largest absolute Gasteiger partial charge is 0.454 e. The van der Waals surface area contributed by atoms with Crippen molar-refractivity contribution in [2.45, 2.75) is 19.9 Å². The van der Waals surface area contributed by atoms with Crippen LogP contribution in [0.4, 0.5) is 10.5 Å². The van der Waals surface area contributed by atoms with Crippen LogP contribution in [0.25, 0.3) is 0 Å². The highest BCUT2D eigenvalue weighted by Crippen LogP contribution is 2.07. The molecule has 0 saturated heterocycles. The van der Waals surface area contributed by atoms with E-state index in [0.29, 0.717) is 5.69 Å². The summed E-state index contributed by atoms with van der Waals surface area (Å²) in [6.45, 7) is 2.99. The minimum atomic E-state index is -0.868. The molecule has 1 atom stereocenters. The van der Waals surface area contributed by atoms with Crippen molar-refractivity contribution >= 4 is 23.6 Å². The zero-order valence-electron chi connectivity index (χ0n) is 12.0. The van der Waals surface area contributed by atoms with Gasteiger partial charge in [-0.25, -0.2) is 9.59 Å². The fraction of sp³-hybridized carbons (Fsp3) is 0.357. The summed E-state index contributed by atoms with van der Waals surface area (Å²) in [4.78, 5) is 34.3. The lowest BCUT2D eigenvalue weighted by Gasteiger charge is -2.20. The Labute approximate surface area is 122 Å². The maximum atomic E-state index is 11.8. The van der Waals surface area contributed by atoms with E-state index in [4.69, 9.17) is 10.5 Å².